The number of ether oxygens (including phenoxy) is 1. The van der Waals surface area contributed by atoms with Crippen molar-refractivity contribution in [1.29, 1.82) is 0 Å². The molecule has 0 aliphatic carbocycles. The molecule has 4 rings (SSSR count). The molecule has 218 valence electrons. The van der Waals surface area contributed by atoms with Crippen molar-refractivity contribution in [2.24, 2.45) is 0 Å². The first-order chi connectivity index (χ1) is 18.1. The van der Waals surface area contributed by atoms with E-state index in [2.05, 4.69) is 32.1 Å². The Morgan fingerprint density at radius 2 is 1.69 bits per heavy atom. The Hall–Kier alpha value is -3.05. The monoisotopic (exact) mass is 587 g/mol. The van der Waals surface area contributed by atoms with E-state index in [9.17, 15) is 26.3 Å². The number of carbonyl (C=O) groups is 2. The van der Waals surface area contributed by atoms with E-state index in [0.29, 0.717) is 5.95 Å². The van der Waals surface area contributed by atoms with E-state index in [1.807, 2.05) is 11.6 Å². The number of aromatic nitrogens is 3. The Labute approximate surface area is 223 Å². The lowest BCUT2D eigenvalue weighted by Crippen LogP contribution is -2.45. The Bertz CT molecular complexity index is 1050. The Kier molecular flexibility index (Phi) is 11.4. The lowest BCUT2D eigenvalue weighted by Gasteiger charge is -2.39. The van der Waals surface area contributed by atoms with Crippen LogP contribution >= 0.6 is 11.3 Å². The van der Waals surface area contributed by atoms with Crippen molar-refractivity contribution in [1.82, 2.24) is 19.9 Å². The molecule has 2 saturated heterocycles. The molecule has 0 saturated carbocycles. The van der Waals surface area contributed by atoms with E-state index in [0.717, 1.165) is 39.0 Å². The number of aryl methyl sites for hydroxylation is 1. The van der Waals surface area contributed by atoms with Gasteiger partial charge in [0.2, 0.25) is 5.95 Å². The van der Waals surface area contributed by atoms with Gasteiger partial charge in [0.05, 0.1) is 22.9 Å². The fourth-order valence-electron chi connectivity index (χ4n) is 3.91. The molecule has 2 aromatic heterocycles. The maximum absolute atomic E-state index is 10.6. The van der Waals surface area contributed by atoms with Crippen molar-refractivity contribution < 1.29 is 50.9 Å². The Morgan fingerprint density at radius 3 is 2.21 bits per heavy atom. The minimum Gasteiger partial charge on any atom is -0.475 e. The number of halogens is 6. The van der Waals surface area contributed by atoms with Crippen molar-refractivity contribution in [3.63, 3.8) is 0 Å². The van der Waals surface area contributed by atoms with Gasteiger partial charge >= 0.3 is 24.3 Å². The molecule has 2 aliphatic heterocycles. The Balaban J connectivity index is 0.000000317. The average Bonchev–Trinajstić information content (AvgIpc) is 3.43. The second-order valence-electron chi connectivity index (χ2n) is 8.70. The summed E-state index contributed by atoms with van der Waals surface area (Å²) in [7, 11) is 0. The number of likely N-dealkylation sites (tertiary alicyclic amines) is 1. The summed E-state index contributed by atoms with van der Waals surface area (Å²) in [5.41, 5.74) is 3.14. The highest BCUT2D eigenvalue weighted by molar-refractivity contribution is 7.09. The van der Waals surface area contributed by atoms with Crippen LogP contribution in [0.25, 0.3) is 0 Å². The third-order valence-electron chi connectivity index (χ3n) is 5.72. The maximum Gasteiger partial charge on any atom is 0.490 e. The van der Waals surface area contributed by atoms with Crippen LogP contribution in [0.2, 0.25) is 0 Å². The van der Waals surface area contributed by atoms with Gasteiger partial charge in [0.1, 0.15) is 0 Å². The van der Waals surface area contributed by atoms with E-state index >= 15 is 0 Å². The molecule has 2 atom stereocenters. The van der Waals surface area contributed by atoms with Gasteiger partial charge in [-0.1, -0.05) is 0 Å². The highest BCUT2D eigenvalue weighted by atomic mass is 32.1. The third kappa shape index (κ3) is 10.9. The van der Waals surface area contributed by atoms with Crippen molar-refractivity contribution in [2.75, 3.05) is 25.0 Å². The van der Waals surface area contributed by atoms with Crippen LogP contribution in [0, 0.1) is 6.92 Å². The predicted octanol–water partition coefficient (Wildman–Crippen LogP) is 4.13. The first-order valence-corrected chi connectivity index (χ1v) is 12.4. The van der Waals surface area contributed by atoms with Gasteiger partial charge in [-0.3, -0.25) is 4.90 Å². The number of carboxylic acids is 2. The smallest absolute Gasteiger partial charge is 0.475 e. The summed E-state index contributed by atoms with van der Waals surface area (Å²) in [6, 6.07) is 1.83. The number of carboxylic acid groups (broad SMARTS) is 2. The van der Waals surface area contributed by atoms with Crippen LogP contribution in [-0.2, 0) is 20.9 Å². The average molecular weight is 588 g/mol. The lowest BCUT2D eigenvalue weighted by molar-refractivity contribution is -0.193. The van der Waals surface area contributed by atoms with Crippen LogP contribution < -0.4 is 5.32 Å². The molecule has 10 nitrogen and oxygen atoms in total. The summed E-state index contributed by atoms with van der Waals surface area (Å²) >= 11 is 1.76. The van der Waals surface area contributed by atoms with E-state index in [-0.39, 0.29) is 11.7 Å². The minimum atomic E-state index is -5.08. The van der Waals surface area contributed by atoms with Gasteiger partial charge in [-0.15, -0.1) is 11.3 Å². The largest absolute Gasteiger partial charge is 0.490 e. The highest BCUT2D eigenvalue weighted by Crippen LogP contribution is 2.37. The van der Waals surface area contributed by atoms with Crippen LogP contribution in [0.5, 0.6) is 0 Å². The fraction of sp³-hybridized carbons (Fsp3) is 0.591. The van der Waals surface area contributed by atoms with Gasteiger partial charge in [0.25, 0.3) is 0 Å². The van der Waals surface area contributed by atoms with Crippen LogP contribution in [0.4, 0.5) is 32.3 Å². The summed E-state index contributed by atoms with van der Waals surface area (Å²) in [4.78, 5) is 34.5. The third-order valence-corrected chi connectivity index (χ3v) is 6.64. The zero-order chi connectivity index (χ0) is 29.3. The number of alkyl halides is 6. The number of nitrogens with one attached hydrogen (secondary N) is 1. The molecule has 2 aromatic rings. The molecular formula is C22H27F6N5O5S. The van der Waals surface area contributed by atoms with E-state index in [1.54, 1.807) is 23.7 Å². The van der Waals surface area contributed by atoms with E-state index < -0.39 is 24.3 Å². The highest BCUT2D eigenvalue weighted by Gasteiger charge is 2.43. The van der Waals surface area contributed by atoms with Crippen molar-refractivity contribution >= 4 is 29.2 Å². The second kappa shape index (κ2) is 13.8. The number of anilines is 1. The summed E-state index contributed by atoms with van der Waals surface area (Å²) in [5, 5.41) is 17.6. The van der Waals surface area contributed by atoms with E-state index in [1.165, 1.54) is 23.4 Å². The van der Waals surface area contributed by atoms with Gasteiger partial charge in [-0.05, 0) is 38.7 Å². The van der Waals surface area contributed by atoms with Gasteiger partial charge < -0.3 is 20.3 Å². The lowest BCUT2D eigenvalue weighted by atomic mass is 9.90. The summed E-state index contributed by atoms with van der Waals surface area (Å²) in [6.45, 7) is 6.02. The maximum atomic E-state index is 10.6. The van der Waals surface area contributed by atoms with Gasteiger partial charge in [-0.2, -0.15) is 26.3 Å². The topological polar surface area (TPSA) is 138 Å². The molecule has 0 amide bonds. The quantitative estimate of drug-likeness (QED) is 0.438. The van der Waals surface area contributed by atoms with Crippen LogP contribution in [0.3, 0.4) is 0 Å². The SMILES string of the molecule is Cc1ncsc1CN1CC[C@]2(CCC[C@H](CNc3ncccn3)O2)C1.O=C(O)C(F)(F)F.O=C(O)C(F)(F)F. The molecule has 4 heterocycles. The fourth-order valence-corrected chi connectivity index (χ4v) is 4.72. The van der Waals surface area contributed by atoms with Gasteiger partial charge in [0.15, 0.2) is 0 Å². The van der Waals surface area contributed by atoms with Crippen molar-refractivity contribution in [3.05, 3.63) is 34.5 Å². The van der Waals surface area contributed by atoms with Crippen LogP contribution in [0.15, 0.2) is 24.0 Å². The minimum absolute atomic E-state index is 0.0285. The number of hydrogen-bond donors (Lipinski definition) is 3. The molecule has 3 N–H and O–H groups in total. The zero-order valence-corrected chi connectivity index (χ0v) is 21.4. The first-order valence-electron chi connectivity index (χ1n) is 11.5. The van der Waals surface area contributed by atoms with E-state index in [4.69, 9.17) is 24.5 Å². The molecular weight excluding hydrogens is 560 g/mol. The molecule has 2 aliphatic rings. The first kappa shape index (κ1) is 32.2. The number of nitrogens with zero attached hydrogens (tertiary/aromatic N) is 4. The number of aliphatic carboxylic acids is 2. The van der Waals surface area contributed by atoms with Gasteiger partial charge in [-0.25, -0.2) is 24.5 Å². The number of rotatable bonds is 5. The summed E-state index contributed by atoms with van der Waals surface area (Å²) < 4.78 is 70.0. The summed E-state index contributed by atoms with van der Waals surface area (Å²) in [6.07, 6.45) is -1.77. The molecule has 2 fully saturated rings. The van der Waals surface area contributed by atoms with Crippen molar-refractivity contribution in [2.45, 2.75) is 63.2 Å². The van der Waals surface area contributed by atoms with Crippen LogP contribution in [0.1, 0.15) is 36.3 Å². The molecule has 17 heteroatoms. The zero-order valence-electron chi connectivity index (χ0n) is 20.6. The predicted molar refractivity (Wildman–Crippen MR) is 126 cm³/mol. The molecule has 0 aromatic carbocycles. The molecule has 1 spiro atoms. The van der Waals surface area contributed by atoms with Crippen molar-refractivity contribution in [3.8, 4) is 0 Å². The molecule has 39 heavy (non-hydrogen) atoms. The normalized spacial score (nSPS) is 21.4. The number of thiazole rings is 1. The molecule has 0 unspecified atom stereocenters. The second-order valence-corrected chi connectivity index (χ2v) is 9.64. The molecule has 0 radical (unpaired) electrons. The number of hydrogen-bond acceptors (Lipinski definition) is 9. The standard InChI is InChI=1S/C18H25N5OS.2C2HF3O2/c1-14-16(25-13-22-14)11-23-9-6-18(12-23)5-2-4-15(24-18)10-21-17-19-7-3-8-20-17;2*3-2(4,5)1(6)7/h3,7-8,13,15H,2,4-6,9-12H2,1H3,(H,19,20,21);2*(H,6,7)/t15-,18-;;/m1../s1. The molecule has 0 bridgehead atoms. The van der Waals surface area contributed by atoms with Gasteiger partial charge in [0, 0.05) is 43.4 Å². The van der Waals surface area contributed by atoms with Crippen LogP contribution in [-0.4, -0.2) is 85.7 Å². The summed E-state index contributed by atoms with van der Waals surface area (Å²) in [5.74, 6) is -4.83. The Morgan fingerprint density at radius 1 is 1.10 bits per heavy atom.